The lowest BCUT2D eigenvalue weighted by atomic mass is 9.96. The fourth-order valence-electron chi connectivity index (χ4n) is 1.64. The second-order valence-corrected chi connectivity index (χ2v) is 5.28. The summed E-state index contributed by atoms with van der Waals surface area (Å²) < 4.78 is 114. The van der Waals surface area contributed by atoms with Crippen molar-refractivity contribution in [3.05, 3.63) is 35.9 Å². The number of Topliss-reactive ketones (excluding diaryl/α,β-unsaturated/α-hetero) is 1. The zero-order chi connectivity index (χ0) is 19.0. The molecule has 0 radical (unpaired) electrons. The Morgan fingerprint density at radius 2 is 1.33 bits per heavy atom. The number of halogens is 10. The summed E-state index contributed by atoms with van der Waals surface area (Å²) in [5.41, 5.74) is -0.292. The average molecular weight is 387 g/mol. The van der Waals surface area contributed by atoms with Crippen LogP contribution in [0.3, 0.4) is 0 Å². The van der Waals surface area contributed by atoms with E-state index in [1.165, 1.54) is 18.2 Å². The molecule has 0 bridgehead atoms. The third-order valence-electron chi connectivity index (χ3n) is 2.99. The van der Waals surface area contributed by atoms with E-state index < -0.39 is 41.5 Å². The van der Waals surface area contributed by atoms with Crippen molar-refractivity contribution in [3.8, 4) is 0 Å². The molecule has 0 aromatic heterocycles. The molecule has 136 valence electrons. The molecule has 0 fully saturated rings. The van der Waals surface area contributed by atoms with Crippen molar-refractivity contribution >= 4 is 17.4 Å². The van der Waals surface area contributed by atoms with Gasteiger partial charge < -0.3 is 0 Å². The predicted octanol–water partition coefficient (Wildman–Crippen LogP) is 5.34. The van der Waals surface area contributed by atoms with E-state index in [1.54, 1.807) is 0 Å². The Morgan fingerprint density at radius 1 is 0.875 bits per heavy atom. The highest BCUT2D eigenvalue weighted by Gasteiger charge is 2.81. The molecule has 0 N–H and O–H groups in total. The maximum Gasteiger partial charge on any atom is 0.460 e. The van der Waals surface area contributed by atoms with Crippen LogP contribution in [0.25, 0.3) is 0 Å². The van der Waals surface area contributed by atoms with Gasteiger partial charge in [-0.05, 0) is 0 Å². The van der Waals surface area contributed by atoms with Crippen molar-refractivity contribution in [2.75, 3.05) is 0 Å². The molecule has 1 aromatic carbocycles. The molecule has 1 atom stereocenters. The second kappa shape index (κ2) is 6.45. The first-order valence-corrected chi connectivity index (χ1v) is 6.52. The topological polar surface area (TPSA) is 17.1 Å². The predicted molar refractivity (Wildman–Crippen MR) is 65.9 cm³/mol. The minimum absolute atomic E-state index is 0.292. The van der Waals surface area contributed by atoms with Gasteiger partial charge in [0.1, 0.15) is 5.38 Å². The second-order valence-electron chi connectivity index (χ2n) is 4.75. The molecule has 0 amide bonds. The first-order chi connectivity index (χ1) is 10.6. The SMILES string of the molecule is O=C(c1ccccc1)C(Cl)CC(F)(F)C(F)(F)C(F)(F)C(F)(F)F. The van der Waals surface area contributed by atoms with Gasteiger partial charge in [-0.1, -0.05) is 30.3 Å². The van der Waals surface area contributed by atoms with E-state index in [1.807, 2.05) is 0 Å². The first-order valence-electron chi connectivity index (χ1n) is 6.08. The zero-order valence-corrected chi connectivity index (χ0v) is 12.1. The van der Waals surface area contributed by atoms with Gasteiger partial charge in [0.15, 0.2) is 5.78 Å². The molecular weight excluding hydrogens is 379 g/mol. The lowest BCUT2D eigenvalue weighted by Crippen LogP contribution is -2.61. The Balaban J connectivity index is 3.05. The first kappa shape index (κ1) is 20.6. The van der Waals surface area contributed by atoms with Crippen LogP contribution >= 0.6 is 11.6 Å². The highest BCUT2D eigenvalue weighted by atomic mass is 35.5. The van der Waals surface area contributed by atoms with Crippen molar-refractivity contribution in [3.63, 3.8) is 0 Å². The van der Waals surface area contributed by atoms with Crippen LogP contribution in [-0.2, 0) is 0 Å². The third-order valence-corrected chi connectivity index (χ3v) is 3.34. The van der Waals surface area contributed by atoms with Gasteiger partial charge in [-0.25, -0.2) is 0 Å². The minimum atomic E-state index is -7.00. The van der Waals surface area contributed by atoms with Crippen LogP contribution < -0.4 is 0 Å². The van der Waals surface area contributed by atoms with Gasteiger partial charge in [-0.15, -0.1) is 11.6 Å². The molecule has 1 rings (SSSR count). The quantitative estimate of drug-likeness (QED) is 0.367. The van der Waals surface area contributed by atoms with Crippen LogP contribution in [0.5, 0.6) is 0 Å². The Morgan fingerprint density at radius 3 is 1.75 bits per heavy atom. The smallest absolute Gasteiger partial charge is 0.293 e. The molecule has 0 saturated carbocycles. The van der Waals surface area contributed by atoms with Crippen LogP contribution in [0.4, 0.5) is 39.5 Å². The van der Waals surface area contributed by atoms with E-state index in [0.717, 1.165) is 12.1 Å². The number of hydrogen-bond donors (Lipinski definition) is 0. The number of alkyl halides is 10. The van der Waals surface area contributed by atoms with Gasteiger partial charge in [0.05, 0.1) is 0 Å². The Bertz CT molecular complexity index is 583. The summed E-state index contributed by atoms with van der Waals surface area (Å²) in [7, 11) is 0. The molecule has 0 saturated heterocycles. The van der Waals surface area contributed by atoms with E-state index in [0.29, 0.717) is 0 Å². The molecule has 1 aromatic rings. The monoisotopic (exact) mass is 386 g/mol. The summed E-state index contributed by atoms with van der Waals surface area (Å²) in [5.74, 6) is -21.0. The largest absolute Gasteiger partial charge is 0.460 e. The van der Waals surface area contributed by atoms with Gasteiger partial charge in [-0.2, -0.15) is 39.5 Å². The Labute approximate surface area is 134 Å². The molecule has 0 aliphatic rings. The number of rotatable bonds is 6. The van der Waals surface area contributed by atoms with Crippen LogP contribution in [-0.4, -0.2) is 35.1 Å². The summed E-state index contributed by atoms with van der Waals surface area (Å²) in [4.78, 5) is 11.7. The standard InChI is InChI=1S/C13H8ClF9O/c14-8(9(24)7-4-2-1-3-5-7)6-10(15,16)11(17,18)12(19,20)13(21,22)23/h1-5,8H,6H2. The van der Waals surface area contributed by atoms with Crippen molar-refractivity contribution in [1.82, 2.24) is 0 Å². The van der Waals surface area contributed by atoms with Crippen molar-refractivity contribution in [1.29, 1.82) is 0 Å². The van der Waals surface area contributed by atoms with Gasteiger partial charge in [0.25, 0.3) is 0 Å². The molecule has 1 nitrogen and oxygen atoms in total. The molecule has 0 aliphatic carbocycles. The molecule has 0 aliphatic heterocycles. The fourth-order valence-corrected chi connectivity index (χ4v) is 1.96. The van der Waals surface area contributed by atoms with E-state index in [9.17, 15) is 44.3 Å². The van der Waals surface area contributed by atoms with E-state index in [2.05, 4.69) is 0 Å². The summed E-state index contributed by atoms with van der Waals surface area (Å²) in [6, 6.07) is 6.14. The van der Waals surface area contributed by atoms with Gasteiger partial charge in [-0.3, -0.25) is 4.79 Å². The molecule has 11 heteroatoms. The number of ketones is 1. The van der Waals surface area contributed by atoms with E-state index in [-0.39, 0.29) is 5.56 Å². The van der Waals surface area contributed by atoms with Gasteiger partial charge in [0.2, 0.25) is 0 Å². The van der Waals surface area contributed by atoms with Crippen LogP contribution in [0, 0.1) is 0 Å². The summed E-state index contributed by atoms with van der Waals surface area (Å²) >= 11 is 5.23. The molecule has 0 heterocycles. The highest BCUT2D eigenvalue weighted by molar-refractivity contribution is 6.33. The third kappa shape index (κ3) is 3.62. The summed E-state index contributed by atoms with van der Waals surface area (Å²) in [5, 5.41) is -2.43. The van der Waals surface area contributed by atoms with Gasteiger partial charge in [0, 0.05) is 12.0 Å². The normalized spacial score (nSPS) is 15.2. The Hall–Kier alpha value is -1.45. The van der Waals surface area contributed by atoms with E-state index in [4.69, 9.17) is 11.6 Å². The van der Waals surface area contributed by atoms with Crippen molar-refractivity contribution < 1.29 is 44.3 Å². The zero-order valence-electron chi connectivity index (χ0n) is 11.4. The number of hydrogen-bond acceptors (Lipinski definition) is 1. The maximum absolute atomic E-state index is 13.4. The fraction of sp³-hybridized carbons (Fsp3) is 0.462. The van der Waals surface area contributed by atoms with Crippen molar-refractivity contribution in [2.24, 2.45) is 0 Å². The number of benzene rings is 1. The van der Waals surface area contributed by atoms with E-state index >= 15 is 0 Å². The molecular formula is C13H8ClF9O. The molecule has 0 spiro atoms. The van der Waals surface area contributed by atoms with Gasteiger partial charge >= 0.3 is 23.9 Å². The van der Waals surface area contributed by atoms with Crippen molar-refractivity contribution in [2.45, 2.75) is 35.7 Å². The number of carbonyl (C=O) groups excluding carboxylic acids is 1. The summed E-state index contributed by atoms with van der Waals surface area (Å²) in [6.07, 6.45) is -9.31. The van der Waals surface area contributed by atoms with Crippen LogP contribution in [0.2, 0.25) is 0 Å². The maximum atomic E-state index is 13.4. The number of carbonyl (C=O) groups is 1. The average Bonchev–Trinajstić information content (AvgIpc) is 2.45. The minimum Gasteiger partial charge on any atom is -0.293 e. The molecule has 24 heavy (non-hydrogen) atoms. The molecule has 1 unspecified atom stereocenters. The lowest BCUT2D eigenvalue weighted by Gasteiger charge is -2.34. The lowest BCUT2D eigenvalue weighted by molar-refractivity contribution is -0.396. The highest BCUT2D eigenvalue weighted by Crippen LogP contribution is 2.54. The van der Waals surface area contributed by atoms with Crippen LogP contribution in [0.15, 0.2) is 30.3 Å². The Kier molecular flexibility index (Phi) is 5.54. The summed E-state index contributed by atoms with van der Waals surface area (Å²) in [6.45, 7) is 0. The van der Waals surface area contributed by atoms with Crippen LogP contribution in [0.1, 0.15) is 16.8 Å².